The number of nitrogens with one attached hydrogen (secondary N) is 2. The minimum absolute atomic E-state index is 0.146. The van der Waals surface area contributed by atoms with Crippen LogP contribution in [0.1, 0.15) is 36.0 Å². The monoisotopic (exact) mass is 308 g/mol. The van der Waals surface area contributed by atoms with E-state index in [0.717, 1.165) is 19.1 Å². The first-order valence-corrected chi connectivity index (χ1v) is 8.87. The third-order valence-electron chi connectivity index (χ3n) is 3.31. The van der Waals surface area contributed by atoms with Crippen molar-refractivity contribution in [1.29, 1.82) is 0 Å². The molecule has 0 radical (unpaired) electrons. The highest BCUT2D eigenvalue weighted by Crippen LogP contribution is 2.16. The Morgan fingerprint density at radius 3 is 2.48 bits per heavy atom. The number of anilines is 1. The molecule has 1 aliphatic rings. The van der Waals surface area contributed by atoms with Crippen molar-refractivity contribution in [2.75, 3.05) is 17.5 Å². The highest BCUT2D eigenvalue weighted by atomic mass is 32.2. The Hall–Kier alpha value is -1.82. The SMILES string of the molecule is CS(=O)(=O)Nc1ccc(C(=O)NCC2=CCCCC2)cc1. The van der Waals surface area contributed by atoms with Crippen molar-refractivity contribution in [3.05, 3.63) is 41.5 Å². The fraction of sp³-hybridized carbons (Fsp3) is 0.400. The molecule has 1 aliphatic carbocycles. The van der Waals surface area contributed by atoms with Crippen LogP contribution < -0.4 is 10.0 Å². The van der Waals surface area contributed by atoms with Crippen LogP contribution in [-0.4, -0.2) is 27.1 Å². The Morgan fingerprint density at radius 2 is 1.90 bits per heavy atom. The van der Waals surface area contributed by atoms with Gasteiger partial charge in [0.05, 0.1) is 6.26 Å². The standard InChI is InChI=1S/C15H20N2O3S/c1-21(19,20)17-14-9-7-13(8-10-14)15(18)16-11-12-5-3-2-4-6-12/h5,7-10,17H,2-4,6,11H2,1H3,(H,16,18). The van der Waals surface area contributed by atoms with Crippen LogP contribution in [0.3, 0.4) is 0 Å². The zero-order valence-electron chi connectivity index (χ0n) is 12.1. The second-order valence-electron chi connectivity index (χ2n) is 5.24. The van der Waals surface area contributed by atoms with Crippen LogP contribution >= 0.6 is 0 Å². The second kappa shape index (κ2) is 6.76. The fourth-order valence-corrected chi connectivity index (χ4v) is 2.83. The van der Waals surface area contributed by atoms with E-state index in [2.05, 4.69) is 16.1 Å². The van der Waals surface area contributed by atoms with Gasteiger partial charge in [0, 0.05) is 17.8 Å². The van der Waals surface area contributed by atoms with E-state index < -0.39 is 10.0 Å². The lowest BCUT2D eigenvalue weighted by atomic mass is 9.99. The van der Waals surface area contributed by atoms with Crippen molar-refractivity contribution in [3.8, 4) is 0 Å². The van der Waals surface area contributed by atoms with Crippen molar-refractivity contribution in [2.45, 2.75) is 25.7 Å². The Balaban J connectivity index is 1.92. The predicted octanol–water partition coefficient (Wildman–Crippen LogP) is 2.29. The van der Waals surface area contributed by atoms with E-state index in [0.29, 0.717) is 17.8 Å². The zero-order valence-corrected chi connectivity index (χ0v) is 12.9. The van der Waals surface area contributed by atoms with Gasteiger partial charge in [0.25, 0.3) is 5.91 Å². The summed E-state index contributed by atoms with van der Waals surface area (Å²) in [6.07, 6.45) is 7.85. The largest absolute Gasteiger partial charge is 0.348 e. The molecule has 1 aromatic rings. The molecular weight excluding hydrogens is 288 g/mol. The van der Waals surface area contributed by atoms with Crippen LogP contribution in [0.25, 0.3) is 0 Å². The van der Waals surface area contributed by atoms with Crippen molar-refractivity contribution in [3.63, 3.8) is 0 Å². The Bertz CT molecular complexity index is 633. The molecule has 114 valence electrons. The summed E-state index contributed by atoms with van der Waals surface area (Å²) in [6, 6.07) is 6.38. The fourth-order valence-electron chi connectivity index (χ4n) is 2.26. The van der Waals surface area contributed by atoms with Gasteiger partial charge in [0.15, 0.2) is 0 Å². The average Bonchev–Trinajstić information content (AvgIpc) is 2.45. The van der Waals surface area contributed by atoms with E-state index in [9.17, 15) is 13.2 Å². The summed E-state index contributed by atoms with van der Waals surface area (Å²) in [5.41, 5.74) is 2.25. The van der Waals surface area contributed by atoms with E-state index in [4.69, 9.17) is 0 Å². The third-order valence-corrected chi connectivity index (χ3v) is 3.92. The number of carbonyl (C=O) groups is 1. The summed E-state index contributed by atoms with van der Waals surface area (Å²) in [6.45, 7) is 0.585. The van der Waals surface area contributed by atoms with Gasteiger partial charge >= 0.3 is 0 Å². The molecule has 0 fully saturated rings. The zero-order chi connectivity index (χ0) is 15.3. The second-order valence-corrected chi connectivity index (χ2v) is 6.99. The minimum Gasteiger partial charge on any atom is -0.348 e. The average molecular weight is 308 g/mol. The maximum atomic E-state index is 12.0. The molecule has 2 N–H and O–H groups in total. The molecule has 1 aromatic carbocycles. The number of hydrogen-bond donors (Lipinski definition) is 2. The number of sulfonamides is 1. The quantitative estimate of drug-likeness (QED) is 0.820. The third kappa shape index (κ3) is 5.23. The minimum atomic E-state index is -3.29. The highest BCUT2D eigenvalue weighted by Gasteiger charge is 2.09. The molecule has 5 nitrogen and oxygen atoms in total. The van der Waals surface area contributed by atoms with Gasteiger partial charge in [-0.15, -0.1) is 0 Å². The summed E-state index contributed by atoms with van der Waals surface area (Å²) in [5, 5.41) is 2.89. The Kier molecular flexibility index (Phi) is 5.01. The van der Waals surface area contributed by atoms with Crippen LogP contribution in [0, 0.1) is 0 Å². The van der Waals surface area contributed by atoms with Gasteiger partial charge in [-0.2, -0.15) is 0 Å². The molecule has 0 bridgehead atoms. The molecule has 0 saturated heterocycles. The number of hydrogen-bond acceptors (Lipinski definition) is 3. The molecule has 0 aliphatic heterocycles. The molecule has 2 rings (SSSR count). The number of rotatable bonds is 5. The van der Waals surface area contributed by atoms with Crippen molar-refractivity contribution in [2.24, 2.45) is 0 Å². The van der Waals surface area contributed by atoms with E-state index in [1.807, 2.05) is 0 Å². The van der Waals surface area contributed by atoms with E-state index in [1.165, 1.54) is 18.4 Å². The maximum absolute atomic E-state index is 12.0. The normalized spacial score (nSPS) is 15.2. The van der Waals surface area contributed by atoms with E-state index >= 15 is 0 Å². The number of amides is 1. The summed E-state index contributed by atoms with van der Waals surface area (Å²) in [4.78, 5) is 12.0. The van der Waals surface area contributed by atoms with Crippen molar-refractivity contribution < 1.29 is 13.2 Å². The number of carbonyl (C=O) groups excluding carboxylic acids is 1. The number of allylic oxidation sites excluding steroid dienone is 1. The van der Waals surface area contributed by atoms with Gasteiger partial charge in [-0.25, -0.2) is 8.42 Å². The van der Waals surface area contributed by atoms with Crippen molar-refractivity contribution >= 4 is 21.6 Å². The van der Waals surface area contributed by atoms with Crippen LogP contribution in [0.4, 0.5) is 5.69 Å². The molecule has 0 atom stereocenters. The summed E-state index contributed by atoms with van der Waals surface area (Å²) >= 11 is 0. The lowest BCUT2D eigenvalue weighted by Gasteiger charge is -2.13. The summed E-state index contributed by atoms with van der Waals surface area (Å²) in [7, 11) is -3.29. The van der Waals surface area contributed by atoms with Crippen LogP contribution in [0.15, 0.2) is 35.9 Å². The number of benzene rings is 1. The maximum Gasteiger partial charge on any atom is 0.251 e. The molecule has 0 saturated carbocycles. The topological polar surface area (TPSA) is 75.3 Å². The summed E-state index contributed by atoms with van der Waals surface area (Å²) in [5.74, 6) is -0.146. The van der Waals surface area contributed by atoms with Crippen LogP contribution in [0.2, 0.25) is 0 Å². The first kappa shape index (κ1) is 15.6. The van der Waals surface area contributed by atoms with Gasteiger partial charge in [-0.3, -0.25) is 9.52 Å². The molecule has 0 unspecified atom stereocenters. The van der Waals surface area contributed by atoms with Gasteiger partial charge < -0.3 is 5.32 Å². The Morgan fingerprint density at radius 1 is 1.19 bits per heavy atom. The molecule has 0 spiro atoms. The van der Waals surface area contributed by atoms with Crippen LogP contribution in [-0.2, 0) is 10.0 Å². The molecule has 0 aromatic heterocycles. The smallest absolute Gasteiger partial charge is 0.251 e. The molecule has 1 amide bonds. The highest BCUT2D eigenvalue weighted by molar-refractivity contribution is 7.92. The molecular formula is C15H20N2O3S. The first-order chi connectivity index (χ1) is 9.94. The summed E-state index contributed by atoms with van der Waals surface area (Å²) < 4.78 is 24.6. The predicted molar refractivity (Wildman–Crippen MR) is 83.8 cm³/mol. The molecule has 6 heteroatoms. The van der Waals surface area contributed by atoms with E-state index in [1.54, 1.807) is 24.3 Å². The molecule has 0 heterocycles. The first-order valence-electron chi connectivity index (χ1n) is 6.98. The van der Waals surface area contributed by atoms with Gasteiger partial charge in [0.1, 0.15) is 0 Å². The van der Waals surface area contributed by atoms with Crippen LogP contribution in [0.5, 0.6) is 0 Å². The van der Waals surface area contributed by atoms with Gasteiger partial charge in [-0.1, -0.05) is 11.6 Å². The lowest BCUT2D eigenvalue weighted by molar-refractivity contribution is 0.0956. The Labute approximate surface area is 125 Å². The van der Waals surface area contributed by atoms with E-state index in [-0.39, 0.29) is 5.91 Å². The van der Waals surface area contributed by atoms with Gasteiger partial charge in [-0.05, 0) is 49.9 Å². The lowest BCUT2D eigenvalue weighted by Crippen LogP contribution is -2.26. The van der Waals surface area contributed by atoms with Crippen molar-refractivity contribution in [1.82, 2.24) is 5.32 Å². The van der Waals surface area contributed by atoms with Gasteiger partial charge in [0.2, 0.25) is 10.0 Å². The molecule has 21 heavy (non-hydrogen) atoms.